The smallest absolute Gasteiger partial charge is 0.422 e. The lowest BCUT2D eigenvalue weighted by atomic mass is 10.2. The van der Waals surface area contributed by atoms with Crippen LogP contribution in [0.15, 0.2) is 48.5 Å². The number of ether oxygens (including phenoxy) is 3. The average Bonchev–Trinajstić information content (AvgIpc) is 3.19. The topological polar surface area (TPSA) is 56.8 Å². The minimum Gasteiger partial charge on any atom is -0.491 e. The summed E-state index contributed by atoms with van der Waals surface area (Å²) in [6.07, 6.45) is -2.47. The monoisotopic (exact) mass is 395 g/mol. The summed E-state index contributed by atoms with van der Waals surface area (Å²) in [6.45, 7) is -0.308. The molecule has 2 aromatic rings. The van der Waals surface area contributed by atoms with Crippen molar-refractivity contribution in [3.05, 3.63) is 54.1 Å². The molecule has 0 spiro atoms. The van der Waals surface area contributed by atoms with Gasteiger partial charge in [-0.15, -0.1) is 0 Å². The lowest BCUT2D eigenvalue weighted by Crippen LogP contribution is -2.20. The van der Waals surface area contributed by atoms with E-state index in [9.17, 15) is 18.0 Å². The molecule has 1 fully saturated rings. The van der Waals surface area contributed by atoms with Gasteiger partial charge >= 0.3 is 6.18 Å². The zero-order valence-corrected chi connectivity index (χ0v) is 15.0. The molecule has 1 aliphatic rings. The Morgan fingerprint density at radius 3 is 2.71 bits per heavy atom. The molecule has 1 N–H and O–H groups in total. The fraction of sp³-hybridized carbons (Fsp3) is 0.350. The number of anilines is 1. The Hall–Kier alpha value is -2.74. The molecule has 2 aromatic carbocycles. The summed E-state index contributed by atoms with van der Waals surface area (Å²) in [5.41, 5.74) is 0.470. The van der Waals surface area contributed by atoms with E-state index in [1.54, 1.807) is 30.3 Å². The van der Waals surface area contributed by atoms with Crippen molar-refractivity contribution in [1.82, 2.24) is 0 Å². The van der Waals surface area contributed by atoms with Crippen LogP contribution in [-0.4, -0.2) is 38.0 Å². The van der Waals surface area contributed by atoms with Crippen LogP contribution in [0, 0.1) is 0 Å². The Morgan fingerprint density at radius 2 is 1.96 bits per heavy atom. The minimum atomic E-state index is -4.47. The number of amides is 1. The van der Waals surface area contributed by atoms with E-state index in [2.05, 4.69) is 5.32 Å². The molecule has 5 nitrogen and oxygen atoms in total. The Balaban J connectivity index is 1.64. The zero-order chi connectivity index (χ0) is 20.0. The Kier molecular flexibility index (Phi) is 6.41. The van der Waals surface area contributed by atoms with Gasteiger partial charge in [-0.1, -0.05) is 18.2 Å². The van der Waals surface area contributed by atoms with Gasteiger partial charge in [-0.2, -0.15) is 13.2 Å². The van der Waals surface area contributed by atoms with Crippen molar-refractivity contribution < 1.29 is 32.2 Å². The minimum absolute atomic E-state index is 0.0511. The van der Waals surface area contributed by atoms with Crippen LogP contribution < -0.4 is 14.8 Å². The number of hydrogen-bond acceptors (Lipinski definition) is 4. The van der Waals surface area contributed by atoms with Gasteiger partial charge in [0.05, 0.1) is 11.8 Å². The van der Waals surface area contributed by atoms with E-state index in [-0.39, 0.29) is 17.5 Å². The molecule has 8 heteroatoms. The van der Waals surface area contributed by atoms with E-state index >= 15 is 0 Å². The maximum Gasteiger partial charge on any atom is 0.422 e. The second-order valence-corrected chi connectivity index (χ2v) is 6.33. The van der Waals surface area contributed by atoms with E-state index in [4.69, 9.17) is 14.2 Å². The first-order chi connectivity index (χ1) is 13.4. The molecule has 0 saturated carbocycles. The number of alkyl halides is 3. The maximum atomic E-state index is 12.5. The lowest BCUT2D eigenvalue weighted by molar-refractivity contribution is -0.153. The third-order valence-electron chi connectivity index (χ3n) is 4.08. The first kappa shape index (κ1) is 20.0. The Morgan fingerprint density at radius 1 is 1.14 bits per heavy atom. The van der Waals surface area contributed by atoms with E-state index in [1.807, 2.05) is 0 Å². The fourth-order valence-electron chi connectivity index (χ4n) is 2.74. The number of rotatable bonds is 7. The van der Waals surface area contributed by atoms with Crippen LogP contribution in [0.1, 0.15) is 23.2 Å². The predicted molar refractivity (Wildman–Crippen MR) is 96.9 cm³/mol. The van der Waals surface area contributed by atoms with Crippen molar-refractivity contribution in [2.75, 3.05) is 25.1 Å². The van der Waals surface area contributed by atoms with Crippen LogP contribution in [0.4, 0.5) is 18.9 Å². The molecule has 0 bridgehead atoms. The van der Waals surface area contributed by atoms with Crippen LogP contribution in [-0.2, 0) is 4.74 Å². The van der Waals surface area contributed by atoms with E-state index in [1.165, 1.54) is 18.2 Å². The summed E-state index contributed by atoms with van der Waals surface area (Å²) in [7, 11) is 0. The molecule has 150 valence electrons. The number of nitrogens with one attached hydrogen (secondary N) is 1. The number of benzene rings is 2. The van der Waals surface area contributed by atoms with Gasteiger partial charge in [0.25, 0.3) is 5.91 Å². The standard InChI is InChI=1S/C20H20F3NO4/c21-20(22,23)13-28-18-9-2-1-8-17(18)24-19(25)14-5-3-6-15(11-14)27-12-16-7-4-10-26-16/h1-3,5-6,8-9,11,16H,4,7,10,12-13H2,(H,24,25). The molecule has 0 radical (unpaired) electrons. The summed E-state index contributed by atoms with van der Waals surface area (Å²) >= 11 is 0. The molecule has 1 aliphatic heterocycles. The van der Waals surface area contributed by atoms with E-state index < -0.39 is 18.7 Å². The molecule has 28 heavy (non-hydrogen) atoms. The van der Waals surface area contributed by atoms with Gasteiger partial charge in [-0.05, 0) is 43.2 Å². The molecular formula is C20H20F3NO4. The van der Waals surface area contributed by atoms with Gasteiger partial charge in [0.1, 0.15) is 18.1 Å². The highest BCUT2D eigenvalue weighted by Crippen LogP contribution is 2.27. The molecule has 1 heterocycles. The number of hydrogen-bond donors (Lipinski definition) is 1. The maximum absolute atomic E-state index is 12.5. The Bertz CT molecular complexity index is 804. The molecule has 0 aromatic heterocycles. The summed E-state index contributed by atoms with van der Waals surface area (Å²) in [5, 5.41) is 2.58. The SMILES string of the molecule is O=C(Nc1ccccc1OCC(F)(F)F)c1cccc(OCC2CCCO2)c1. The quantitative estimate of drug-likeness (QED) is 0.753. The van der Waals surface area contributed by atoms with E-state index in [0.29, 0.717) is 17.9 Å². The summed E-state index contributed by atoms with van der Waals surface area (Å²) in [4.78, 5) is 12.5. The lowest BCUT2D eigenvalue weighted by Gasteiger charge is -2.14. The van der Waals surface area contributed by atoms with Gasteiger partial charge in [0.2, 0.25) is 0 Å². The summed E-state index contributed by atoms with van der Waals surface area (Å²) in [5.74, 6) is -0.0191. The third kappa shape index (κ3) is 5.88. The molecular weight excluding hydrogens is 375 g/mol. The van der Waals surface area contributed by atoms with Crippen LogP contribution >= 0.6 is 0 Å². The molecule has 0 aliphatic carbocycles. The normalized spacial score (nSPS) is 16.6. The van der Waals surface area contributed by atoms with Crippen molar-refractivity contribution in [3.8, 4) is 11.5 Å². The number of para-hydroxylation sites is 2. The fourth-order valence-corrected chi connectivity index (χ4v) is 2.74. The largest absolute Gasteiger partial charge is 0.491 e. The van der Waals surface area contributed by atoms with Gasteiger partial charge < -0.3 is 19.5 Å². The van der Waals surface area contributed by atoms with Crippen molar-refractivity contribution in [2.45, 2.75) is 25.1 Å². The average molecular weight is 395 g/mol. The van der Waals surface area contributed by atoms with Crippen LogP contribution in [0.5, 0.6) is 11.5 Å². The van der Waals surface area contributed by atoms with Crippen LogP contribution in [0.25, 0.3) is 0 Å². The third-order valence-corrected chi connectivity index (χ3v) is 4.08. The summed E-state index contributed by atoms with van der Waals surface area (Å²) < 4.78 is 53.1. The molecule has 3 rings (SSSR count). The van der Waals surface area contributed by atoms with Crippen molar-refractivity contribution in [1.29, 1.82) is 0 Å². The Labute approximate surface area is 160 Å². The zero-order valence-electron chi connectivity index (χ0n) is 15.0. The second-order valence-electron chi connectivity index (χ2n) is 6.33. The molecule has 1 atom stereocenters. The highest BCUT2D eigenvalue weighted by Gasteiger charge is 2.29. The van der Waals surface area contributed by atoms with Gasteiger partial charge in [0.15, 0.2) is 6.61 Å². The first-order valence-corrected chi connectivity index (χ1v) is 8.85. The van der Waals surface area contributed by atoms with Crippen molar-refractivity contribution >= 4 is 11.6 Å². The van der Waals surface area contributed by atoms with Gasteiger partial charge in [-0.25, -0.2) is 0 Å². The second kappa shape index (κ2) is 8.97. The van der Waals surface area contributed by atoms with Gasteiger partial charge in [-0.3, -0.25) is 4.79 Å². The highest BCUT2D eigenvalue weighted by atomic mass is 19.4. The van der Waals surface area contributed by atoms with Crippen LogP contribution in [0.2, 0.25) is 0 Å². The van der Waals surface area contributed by atoms with E-state index in [0.717, 1.165) is 19.4 Å². The predicted octanol–water partition coefficient (Wildman–Crippen LogP) is 4.44. The highest BCUT2D eigenvalue weighted by molar-refractivity contribution is 6.05. The number of carbonyl (C=O) groups excluding carboxylic acids is 1. The van der Waals surface area contributed by atoms with Crippen molar-refractivity contribution in [3.63, 3.8) is 0 Å². The molecule has 1 saturated heterocycles. The van der Waals surface area contributed by atoms with Gasteiger partial charge in [0, 0.05) is 12.2 Å². The molecule has 1 unspecified atom stereocenters. The first-order valence-electron chi connectivity index (χ1n) is 8.85. The summed E-state index contributed by atoms with van der Waals surface area (Å²) in [6, 6.07) is 12.5. The van der Waals surface area contributed by atoms with Crippen molar-refractivity contribution in [2.24, 2.45) is 0 Å². The van der Waals surface area contributed by atoms with Crippen LogP contribution in [0.3, 0.4) is 0 Å². The number of halogens is 3. The number of carbonyl (C=O) groups is 1. The molecule has 1 amide bonds.